The Balaban J connectivity index is 1.42. The number of benzene rings is 1. The Morgan fingerprint density at radius 1 is 1.38 bits per heavy atom. The van der Waals surface area contributed by atoms with Crippen LogP contribution in [0.2, 0.25) is 0 Å². The van der Waals surface area contributed by atoms with E-state index in [0.29, 0.717) is 24.7 Å². The lowest BCUT2D eigenvalue weighted by molar-refractivity contribution is -0.115. The summed E-state index contributed by atoms with van der Waals surface area (Å²) in [7, 11) is 1.63. The standard InChI is InChI=1S/C16H19N3O4S/c1-21-11-4-6-12(7-5-11)24-10-8-14(20)17-16-19-18-15(23-16)13-3-2-9-22-13/h4-7,13H,2-3,8-10H2,1H3,(H,17,19,20). The summed E-state index contributed by atoms with van der Waals surface area (Å²) in [6.07, 6.45) is 2.06. The van der Waals surface area contributed by atoms with Gasteiger partial charge in [0, 0.05) is 23.7 Å². The Hall–Kier alpha value is -2.06. The van der Waals surface area contributed by atoms with Crippen LogP contribution in [0, 0.1) is 0 Å². The fourth-order valence-electron chi connectivity index (χ4n) is 2.30. The minimum Gasteiger partial charge on any atom is -0.497 e. The average Bonchev–Trinajstić information content (AvgIpc) is 3.27. The molecule has 7 nitrogen and oxygen atoms in total. The van der Waals surface area contributed by atoms with E-state index < -0.39 is 0 Å². The lowest BCUT2D eigenvalue weighted by Gasteiger charge is -2.04. The second kappa shape index (κ2) is 8.16. The molecule has 24 heavy (non-hydrogen) atoms. The molecule has 0 saturated carbocycles. The predicted octanol–water partition coefficient (Wildman–Crippen LogP) is 3.05. The lowest BCUT2D eigenvalue weighted by Crippen LogP contribution is -2.12. The molecule has 2 aromatic rings. The number of ether oxygens (including phenoxy) is 2. The molecule has 1 fully saturated rings. The molecule has 1 unspecified atom stereocenters. The number of anilines is 1. The van der Waals surface area contributed by atoms with Gasteiger partial charge in [-0.25, -0.2) is 0 Å². The molecular weight excluding hydrogens is 330 g/mol. The monoisotopic (exact) mass is 349 g/mol. The molecule has 1 aliphatic rings. The highest BCUT2D eigenvalue weighted by atomic mass is 32.2. The Bertz CT molecular complexity index is 668. The number of aromatic nitrogens is 2. The molecule has 128 valence electrons. The zero-order valence-electron chi connectivity index (χ0n) is 13.4. The topological polar surface area (TPSA) is 86.5 Å². The van der Waals surface area contributed by atoms with Crippen molar-refractivity contribution in [2.24, 2.45) is 0 Å². The molecule has 2 heterocycles. The molecule has 1 amide bonds. The van der Waals surface area contributed by atoms with Crippen molar-refractivity contribution in [1.29, 1.82) is 0 Å². The van der Waals surface area contributed by atoms with Crippen LogP contribution >= 0.6 is 11.8 Å². The van der Waals surface area contributed by atoms with E-state index in [1.54, 1.807) is 18.9 Å². The van der Waals surface area contributed by atoms with Crippen LogP contribution in [-0.4, -0.2) is 35.6 Å². The number of hydrogen-bond acceptors (Lipinski definition) is 7. The highest BCUT2D eigenvalue weighted by Crippen LogP contribution is 2.28. The van der Waals surface area contributed by atoms with E-state index in [1.165, 1.54) is 0 Å². The molecule has 1 N–H and O–H groups in total. The van der Waals surface area contributed by atoms with Gasteiger partial charge in [0.1, 0.15) is 11.9 Å². The van der Waals surface area contributed by atoms with Gasteiger partial charge in [-0.1, -0.05) is 5.10 Å². The molecule has 0 spiro atoms. The summed E-state index contributed by atoms with van der Waals surface area (Å²) in [5.41, 5.74) is 0. The quantitative estimate of drug-likeness (QED) is 0.769. The van der Waals surface area contributed by atoms with Crippen LogP contribution in [0.5, 0.6) is 5.75 Å². The van der Waals surface area contributed by atoms with Gasteiger partial charge in [0.15, 0.2) is 0 Å². The maximum atomic E-state index is 11.9. The maximum Gasteiger partial charge on any atom is 0.322 e. The van der Waals surface area contributed by atoms with Crippen molar-refractivity contribution in [3.8, 4) is 5.75 Å². The van der Waals surface area contributed by atoms with Gasteiger partial charge in [-0.15, -0.1) is 16.9 Å². The maximum absolute atomic E-state index is 11.9. The van der Waals surface area contributed by atoms with E-state index >= 15 is 0 Å². The third-order valence-corrected chi connectivity index (χ3v) is 4.56. The lowest BCUT2D eigenvalue weighted by atomic mass is 10.2. The Labute approximate surface area is 144 Å². The van der Waals surface area contributed by atoms with Crippen molar-refractivity contribution in [3.63, 3.8) is 0 Å². The average molecular weight is 349 g/mol. The van der Waals surface area contributed by atoms with Gasteiger partial charge in [-0.05, 0) is 37.1 Å². The fourth-order valence-corrected chi connectivity index (χ4v) is 3.15. The van der Waals surface area contributed by atoms with Crippen molar-refractivity contribution < 1.29 is 18.7 Å². The van der Waals surface area contributed by atoms with E-state index in [-0.39, 0.29) is 18.0 Å². The number of amides is 1. The van der Waals surface area contributed by atoms with Gasteiger partial charge in [-0.2, -0.15) is 0 Å². The summed E-state index contributed by atoms with van der Waals surface area (Å²) in [4.78, 5) is 13.0. The van der Waals surface area contributed by atoms with Gasteiger partial charge in [0.2, 0.25) is 11.8 Å². The van der Waals surface area contributed by atoms with Crippen LogP contribution in [0.3, 0.4) is 0 Å². The Morgan fingerprint density at radius 2 is 2.21 bits per heavy atom. The number of hydrogen-bond donors (Lipinski definition) is 1. The fraction of sp³-hybridized carbons (Fsp3) is 0.438. The minimum atomic E-state index is -0.154. The van der Waals surface area contributed by atoms with Crippen LogP contribution in [0.25, 0.3) is 0 Å². The highest BCUT2D eigenvalue weighted by Gasteiger charge is 2.23. The first kappa shape index (κ1) is 16.8. The van der Waals surface area contributed by atoms with Crippen molar-refractivity contribution in [2.75, 3.05) is 24.8 Å². The number of nitrogens with zero attached hydrogens (tertiary/aromatic N) is 2. The van der Waals surface area contributed by atoms with Crippen LogP contribution in [0.15, 0.2) is 33.6 Å². The molecule has 1 saturated heterocycles. The van der Waals surface area contributed by atoms with Crippen LogP contribution in [0.4, 0.5) is 6.01 Å². The summed E-state index contributed by atoms with van der Waals surface area (Å²) in [6.45, 7) is 0.706. The molecule has 3 rings (SSSR count). The molecular formula is C16H19N3O4S. The highest BCUT2D eigenvalue weighted by molar-refractivity contribution is 7.99. The number of rotatable bonds is 7. The van der Waals surface area contributed by atoms with Gasteiger partial charge < -0.3 is 13.9 Å². The van der Waals surface area contributed by atoms with E-state index in [4.69, 9.17) is 13.9 Å². The normalized spacial score (nSPS) is 17.0. The first-order valence-corrected chi connectivity index (χ1v) is 8.75. The third kappa shape index (κ3) is 4.48. The molecule has 0 aliphatic carbocycles. The van der Waals surface area contributed by atoms with Gasteiger partial charge >= 0.3 is 6.01 Å². The molecule has 0 radical (unpaired) electrons. The number of thioether (sulfide) groups is 1. The second-order valence-corrected chi connectivity index (χ2v) is 6.44. The van der Waals surface area contributed by atoms with Crippen molar-refractivity contribution in [2.45, 2.75) is 30.3 Å². The van der Waals surface area contributed by atoms with E-state index in [9.17, 15) is 4.79 Å². The number of nitrogens with one attached hydrogen (secondary N) is 1. The van der Waals surface area contributed by atoms with Crippen molar-refractivity contribution >= 4 is 23.7 Å². The molecule has 1 aliphatic heterocycles. The zero-order chi connectivity index (χ0) is 16.8. The van der Waals surface area contributed by atoms with Crippen molar-refractivity contribution in [1.82, 2.24) is 10.2 Å². The summed E-state index contributed by atoms with van der Waals surface area (Å²) in [5.74, 6) is 1.75. The zero-order valence-corrected chi connectivity index (χ0v) is 14.2. The molecule has 1 aromatic heterocycles. The molecule has 0 bridgehead atoms. The predicted molar refractivity (Wildman–Crippen MR) is 89.2 cm³/mol. The summed E-state index contributed by atoms with van der Waals surface area (Å²) >= 11 is 1.60. The van der Waals surface area contributed by atoms with Crippen LogP contribution in [0.1, 0.15) is 31.3 Å². The largest absolute Gasteiger partial charge is 0.497 e. The first-order valence-electron chi connectivity index (χ1n) is 7.76. The number of carbonyl (C=O) groups is 1. The van der Waals surface area contributed by atoms with E-state index in [2.05, 4.69) is 15.5 Å². The van der Waals surface area contributed by atoms with Crippen LogP contribution in [-0.2, 0) is 9.53 Å². The summed E-state index contributed by atoms with van der Waals surface area (Å²) < 4.78 is 16.0. The van der Waals surface area contributed by atoms with Gasteiger partial charge in [0.25, 0.3) is 0 Å². The van der Waals surface area contributed by atoms with Crippen LogP contribution < -0.4 is 10.1 Å². The van der Waals surface area contributed by atoms with Gasteiger partial charge in [0.05, 0.1) is 7.11 Å². The first-order chi connectivity index (χ1) is 11.7. The number of carbonyl (C=O) groups excluding carboxylic acids is 1. The summed E-state index contributed by atoms with van der Waals surface area (Å²) in [5, 5.41) is 10.4. The molecule has 8 heteroatoms. The smallest absolute Gasteiger partial charge is 0.322 e. The van der Waals surface area contributed by atoms with Gasteiger partial charge in [-0.3, -0.25) is 10.1 Å². The second-order valence-electron chi connectivity index (χ2n) is 5.27. The Kier molecular flexibility index (Phi) is 5.71. The van der Waals surface area contributed by atoms with Crippen molar-refractivity contribution in [3.05, 3.63) is 30.2 Å². The minimum absolute atomic E-state index is 0.125. The SMILES string of the molecule is COc1ccc(SCCC(=O)Nc2nnc(C3CCCO3)o2)cc1. The van der Waals surface area contributed by atoms with E-state index in [1.807, 2.05) is 24.3 Å². The summed E-state index contributed by atoms with van der Waals surface area (Å²) in [6, 6.07) is 7.85. The molecule has 1 aromatic carbocycles. The molecule has 1 atom stereocenters. The van der Waals surface area contributed by atoms with E-state index in [0.717, 1.165) is 23.5 Å². The third-order valence-electron chi connectivity index (χ3n) is 3.55. The Morgan fingerprint density at radius 3 is 2.92 bits per heavy atom. The number of methoxy groups -OCH3 is 1.